The van der Waals surface area contributed by atoms with Crippen LogP contribution in [-0.4, -0.2) is 5.97 Å². The van der Waals surface area contributed by atoms with Gasteiger partial charge in [-0.2, -0.15) is 0 Å². The van der Waals surface area contributed by atoms with Gasteiger partial charge in [0.25, 0.3) is 0 Å². The van der Waals surface area contributed by atoms with Crippen molar-refractivity contribution in [2.45, 2.75) is 26.4 Å². The zero-order valence-corrected chi connectivity index (χ0v) is 11.3. The summed E-state index contributed by atoms with van der Waals surface area (Å²) < 4.78 is 5.25. The predicted octanol–water partition coefficient (Wildman–Crippen LogP) is 4.20. The van der Waals surface area contributed by atoms with Crippen molar-refractivity contribution in [3.05, 3.63) is 72.4 Å². The van der Waals surface area contributed by atoms with Crippen LogP contribution in [0.3, 0.4) is 0 Å². The Morgan fingerprint density at radius 2 is 2.05 bits per heavy atom. The minimum atomic E-state index is -0.211. The summed E-state index contributed by atoms with van der Waals surface area (Å²) in [6.45, 7) is 5.98. The number of rotatable bonds is 7. The van der Waals surface area contributed by atoms with Crippen LogP contribution in [0.25, 0.3) is 0 Å². The lowest BCUT2D eigenvalue weighted by molar-refractivity contribution is -0.144. The molecule has 0 saturated carbocycles. The van der Waals surface area contributed by atoms with Gasteiger partial charge in [0.05, 0.1) is 6.42 Å². The predicted molar refractivity (Wildman–Crippen MR) is 78.6 cm³/mol. The van der Waals surface area contributed by atoms with E-state index in [0.29, 0.717) is 13.0 Å². The van der Waals surface area contributed by atoms with Crippen LogP contribution < -0.4 is 0 Å². The molecule has 2 heteroatoms. The summed E-state index contributed by atoms with van der Waals surface area (Å²) in [5.41, 5.74) is 1.96. The monoisotopic (exact) mass is 256 g/mol. The fraction of sp³-hybridized carbons (Fsp3) is 0.235. The molecular formula is C17H20O2. The number of ether oxygens (including phenoxy) is 1. The second-order valence-electron chi connectivity index (χ2n) is 4.11. The summed E-state index contributed by atoms with van der Waals surface area (Å²) in [5, 5.41) is 0. The Hall–Kier alpha value is -2.09. The number of carbonyl (C=O) groups excluding carboxylic acids is 1. The van der Waals surface area contributed by atoms with E-state index in [0.717, 1.165) is 17.6 Å². The highest BCUT2D eigenvalue weighted by molar-refractivity contribution is 5.73. The van der Waals surface area contributed by atoms with Gasteiger partial charge in [-0.05, 0) is 17.6 Å². The Balaban J connectivity index is 2.47. The number of hydrogen-bond acceptors (Lipinski definition) is 2. The molecule has 0 aromatic heterocycles. The Morgan fingerprint density at radius 3 is 2.68 bits per heavy atom. The Labute approximate surface area is 115 Å². The molecule has 1 rings (SSSR count). The average molecular weight is 256 g/mol. The van der Waals surface area contributed by atoms with Gasteiger partial charge in [-0.1, -0.05) is 68.1 Å². The van der Waals surface area contributed by atoms with Crippen molar-refractivity contribution in [1.82, 2.24) is 0 Å². The molecule has 0 radical (unpaired) electrons. The third-order valence-electron chi connectivity index (χ3n) is 2.50. The van der Waals surface area contributed by atoms with Crippen LogP contribution in [0.1, 0.15) is 25.3 Å². The van der Waals surface area contributed by atoms with Crippen LogP contribution >= 0.6 is 0 Å². The maximum Gasteiger partial charge on any atom is 0.310 e. The van der Waals surface area contributed by atoms with Gasteiger partial charge in [0.1, 0.15) is 6.61 Å². The number of carbonyl (C=O) groups is 1. The summed E-state index contributed by atoms with van der Waals surface area (Å²) in [7, 11) is 0. The second kappa shape index (κ2) is 8.92. The van der Waals surface area contributed by atoms with Gasteiger partial charge in [0, 0.05) is 0 Å². The van der Waals surface area contributed by atoms with Gasteiger partial charge in [0.15, 0.2) is 0 Å². The summed E-state index contributed by atoms with van der Waals surface area (Å²) in [6.07, 6.45) is 8.61. The Kier molecular flexibility index (Phi) is 7.03. The van der Waals surface area contributed by atoms with Crippen LogP contribution in [0.15, 0.2) is 66.8 Å². The quantitative estimate of drug-likeness (QED) is 0.540. The lowest BCUT2D eigenvalue weighted by Crippen LogP contribution is -2.05. The topological polar surface area (TPSA) is 26.3 Å². The van der Waals surface area contributed by atoms with E-state index >= 15 is 0 Å². The molecule has 1 aromatic carbocycles. The molecule has 0 aliphatic rings. The number of allylic oxidation sites excluding steroid dienone is 4. The highest BCUT2D eigenvalue weighted by Gasteiger charge is 2.05. The summed E-state index contributed by atoms with van der Waals surface area (Å²) in [6, 6.07) is 9.67. The van der Waals surface area contributed by atoms with E-state index in [1.54, 1.807) is 6.08 Å². The van der Waals surface area contributed by atoms with E-state index in [1.807, 2.05) is 55.5 Å². The van der Waals surface area contributed by atoms with E-state index < -0.39 is 0 Å². The molecule has 0 aliphatic carbocycles. The van der Waals surface area contributed by atoms with Crippen molar-refractivity contribution in [3.63, 3.8) is 0 Å². The first kappa shape index (κ1) is 15.0. The van der Waals surface area contributed by atoms with E-state index in [1.165, 1.54) is 0 Å². The summed E-state index contributed by atoms with van der Waals surface area (Å²) in [4.78, 5) is 11.7. The number of hydrogen-bond donors (Lipinski definition) is 0. The highest BCUT2D eigenvalue weighted by atomic mass is 16.5. The lowest BCUT2D eigenvalue weighted by Gasteiger charge is -2.05. The van der Waals surface area contributed by atoms with Crippen molar-refractivity contribution in [1.29, 1.82) is 0 Å². The highest BCUT2D eigenvalue weighted by Crippen LogP contribution is 2.09. The van der Waals surface area contributed by atoms with Crippen LogP contribution in [-0.2, 0) is 16.1 Å². The van der Waals surface area contributed by atoms with Crippen LogP contribution in [0.4, 0.5) is 0 Å². The molecule has 0 fully saturated rings. The van der Waals surface area contributed by atoms with Gasteiger partial charge >= 0.3 is 5.97 Å². The summed E-state index contributed by atoms with van der Waals surface area (Å²) >= 11 is 0. The number of benzene rings is 1. The van der Waals surface area contributed by atoms with Crippen molar-refractivity contribution in [3.8, 4) is 0 Å². The molecule has 2 nitrogen and oxygen atoms in total. The van der Waals surface area contributed by atoms with Gasteiger partial charge in [-0.3, -0.25) is 4.79 Å². The molecule has 0 bridgehead atoms. The first-order valence-electron chi connectivity index (χ1n) is 6.44. The van der Waals surface area contributed by atoms with Gasteiger partial charge < -0.3 is 4.74 Å². The van der Waals surface area contributed by atoms with E-state index in [2.05, 4.69) is 6.58 Å². The summed E-state index contributed by atoms with van der Waals surface area (Å²) in [5.74, 6) is -0.211. The first-order valence-corrected chi connectivity index (χ1v) is 6.44. The molecule has 0 atom stereocenters. The smallest absolute Gasteiger partial charge is 0.310 e. The second-order valence-corrected chi connectivity index (χ2v) is 4.11. The van der Waals surface area contributed by atoms with Gasteiger partial charge in [-0.15, -0.1) is 0 Å². The van der Waals surface area contributed by atoms with Crippen molar-refractivity contribution in [2.75, 3.05) is 0 Å². The molecule has 0 spiro atoms. The minimum Gasteiger partial charge on any atom is -0.461 e. The largest absolute Gasteiger partial charge is 0.461 e. The molecule has 0 N–H and O–H groups in total. The van der Waals surface area contributed by atoms with Crippen LogP contribution in [0.2, 0.25) is 0 Å². The van der Waals surface area contributed by atoms with Crippen LogP contribution in [0, 0.1) is 0 Å². The fourth-order valence-corrected chi connectivity index (χ4v) is 1.61. The average Bonchev–Trinajstić information content (AvgIpc) is 2.44. The molecular weight excluding hydrogens is 236 g/mol. The maximum absolute atomic E-state index is 11.7. The molecule has 0 saturated heterocycles. The zero-order chi connectivity index (χ0) is 13.9. The maximum atomic E-state index is 11.7. The molecule has 1 aromatic rings. The fourth-order valence-electron chi connectivity index (χ4n) is 1.61. The first-order chi connectivity index (χ1) is 9.26. The lowest BCUT2D eigenvalue weighted by atomic mass is 10.1. The molecule has 0 aliphatic heterocycles. The third-order valence-corrected chi connectivity index (χ3v) is 2.50. The van der Waals surface area contributed by atoms with Crippen molar-refractivity contribution >= 4 is 5.97 Å². The molecule has 100 valence electrons. The number of esters is 1. The Morgan fingerprint density at radius 1 is 1.32 bits per heavy atom. The van der Waals surface area contributed by atoms with E-state index in [-0.39, 0.29) is 5.97 Å². The molecule has 0 unspecified atom stereocenters. The van der Waals surface area contributed by atoms with Crippen LogP contribution in [0.5, 0.6) is 0 Å². The standard InChI is InChI=1S/C17H20O2/c1-3-5-10-15(9-4-2)13-17(18)19-14-16-11-7-6-8-12-16/h3,5-12H,1,4,13-14H2,2H3/b10-5-,15-9+. The van der Waals surface area contributed by atoms with E-state index in [9.17, 15) is 4.79 Å². The van der Waals surface area contributed by atoms with Gasteiger partial charge in [0.2, 0.25) is 0 Å². The molecule has 19 heavy (non-hydrogen) atoms. The molecule has 0 heterocycles. The SMILES string of the molecule is C=C/C=C\C(=C/CC)CC(=O)OCc1ccccc1. The Bertz CT molecular complexity index is 455. The minimum absolute atomic E-state index is 0.211. The van der Waals surface area contributed by atoms with E-state index in [4.69, 9.17) is 4.74 Å². The molecule has 0 amide bonds. The van der Waals surface area contributed by atoms with Gasteiger partial charge in [-0.25, -0.2) is 0 Å². The normalized spacial score (nSPS) is 11.5. The van der Waals surface area contributed by atoms with Crippen molar-refractivity contribution < 1.29 is 9.53 Å². The third kappa shape index (κ3) is 6.41. The zero-order valence-electron chi connectivity index (χ0n) is 11.3. The van der Waals surface area contributed by atoms with Crippen molar-refractivity contribution in [2.24, 2.45) is 0 Å².